The lowest BCUT2D eigenvalue weighted by Gasteiger charge is -2.08. The van der Waals surface area contributed by atoms with Crippen molar-refractivity contribution in [1.82, 2.24) is 9.97 Å². The van der Waals surface area contributed by atoms with Gasteiger partial charge >= 0.3 is 0 Å². The molecule has 4 rings (SSSR count). The van der Waals surface area contributed by atoms with Crippen molar-refractivity contribution >= 4 is 32.7 Å². The Kier molecular flexibility index (Phi) is 2.45. The zero-order valence-corrected chi connectivity index (χ0v) is 12.3. The number of hydrogen-bond acceptors (Lipinski definition) is 2. The van der Waals surface area contributed by atoms with Crippen LogP contribution in [0.15, 0.2) is 36.5 Å². The SMILES string of the molecule is COc1ccc2[nH]c3c(C)c4cccnc4c(C)c3c2c1. The number of hydrogen-bond donors (Lipinski definition) is 1. The van der Waals surface area contributed by atoms with Gasteiger partial charge in [-0.25, -0.2) is 0 Å². The van der Waals surface area contributed by atoms with Crippen LogP contribution >= 0.6 is 0 Å². The average molecular weight is 276 g/mol. The summed E-state index contributed by atoms with van der Waals surface area (Å²) in [6, 6.07) is 10.3. The van der Waals surface area contributed by atoms with Crippen LogP contribution in [0.1, 0.15) is 11.1 Å². The lowest BCUT2D eigenvalue weighted by Crippen LogP contribution is -1.89. The molecular formula is C18H16N2O. The van der Waals surface area contributed by atoms with Gasteiger partial charge in [0.25, 0.3) is 0 Å². The highest BCUT2D eigenvalue weighted by Gasteiger charge is 2.14. The molecule has 0 aliphatic rings. The summed E-state index contributed by atoms with van der Waals surface area (Å²) in [5.74, 6) is 0.876. The number of aromatic nitrogens is 2. The molecule has 0 unspecified atom stereocenters. The Morgan fingerprint density at radius 2 is 1.90 bits per heavy atom. The Morgan fingerprint density at radius 1 is 1.05 bits per heavy atom. The molecule has 0 bridgehead atoms. The second-order valence-electron chi connectivity index (χ2n) is 5.44. The van der Waals surface area contributed by atoms with E-state index in [1.165, 1.54) is 32.8 Å². The molecule has 0 fully saturated rings. The molecule has 0 atom stereocenters. The minimum atomic E-state index is 0.876. The topological polar surface area (TPSA) is 37.9 Å². The number of H-pyrrole nitrogens is 1. The fourth-order valence-corrected chi connectivity index (χ4v) is 3.23. The highest BCUT2D eigenvalue weighted by atomic mass is 16.5. The third-order valence-corrected chi connectivity index (χ3v) is 4.32. The number of fused-ring (bicyclic) bond motifs is 4. The molecule has 0 saturated carbocycles. The third kappa shape index (κ3) is 1.57. The number of rotatable bonds is 1. The van der Waals surface area contributed by atoms with Crippen molar-refractivity contribution in [3.8, 4) is 5.75 Å². The second-order valence-corrected chi connectivity index (χ2v) is 5.44. The van der Waals surface area contributed by atoms with Crippen LogP contribution in [0.3, 0.4) is 0 Å². The zero-order chi connectivity index (χ0) is 14.6. The van der Waals surface area contributed by atoms with Crippen molar-refractivity contribution in [3.05, 3.63) is 47.7 Å². The number of ether oxygens (including phenoxy) is 1. The van der Waals surface area contributed by atoms with Gasteiger partial charge in [-0.05, 0) is 49.2 Å². The Hall–Kier alpha value is -2.55. The molecule has 2 aromatic heterocycles. The summed E-state index contributed by atoms with van der Waals surface area (Å²) >= 11 is 0. The smallest absolute Gasteiger partial charge is 0.119 e. The molecule has 0 amide bonds. The highest BCUT2D eigenvalue weighted by Crippen LogP contribution is 2.36. The first-order chi connectivity index (χ1) is 10.2. The van der Waals surface area contributed by atoms with Gasteiger partial charge < -0.3 is 9.72 Å². The fourth-order valence-electron chi connectivity index (χ4n) is 3.23. The summed E-state index contributed by atoms with van der Waals surface area (Å²) in [5.41, 5.74) is 5.86. The van der Waals surface area contributed by atoms with Gasteiger partial charge in [0.15, 0.2) is 0 Å². The van der Waals surface area contributed by atoms with Crippen LogP contribution in [-0.2, 0) is 0 Å². The molecule has 3 nitrogen and oxygen atoms in total. The maximum absolute atomic E-state index is 5.37. The maximum Gasteiger partial charge on any atom is 0.119 e. The Bertz CT molecular complexity index is 999. The first-order valence-corrected chi connectivity index (χ1v) is 7.04. The molecule has 3 heteroatoms. The van der Waals surface area contributed by atoms with Crippen LogP contribution in [0.2, 0.25) is 0 Å². The largest absolute Gasteiger partial charge is 0.497 e. The van der Waals surface area contributed by atoms with Crippen molar-refractivity contribution in [1.29, 1.82) is 0 Å². The van der Waals surface area contributed by atoms with E-state index in [0.29, 0.717) is 0 Å². The molecule has 104 valence electrons. The molecule has 0 aliphatic heterocycles. The number of nitrogens with one attached hydrogen (secondary N) is 1. The van der Waals surface area contributed by atoms with Crippen LogP contribution in [0, 0.1) is 13.8 Å². The average Bonchev–Trinajstić information content (AvgIpc) is 2.91. The molecule has 1 N–H and O–H groups in total. The number of benzene rings is 2. The summed E-state index contributed by atoms with van der Waals surface area (Å²) in [6.45, 7) is 4.29. The van der Waals surface area contributed by atoms with Gasteiger partial charge in [-0.3, -0.25) is 4.98 Å². The molecule has 0 saturated heterocycles. The lowest BCUT2D eigenvalue weighted by molar-refractivity contribution is 0.415. The number of aromatic amines is 1. The summed E-state index contributed by atoms with van der Waals surface area (Å²) in [5, 5.41) is 3.64. The summed E-state index contributed by atoms with van der Waals surface area (Å²) < 4.78 is 5.37. The van der Waals surface area contributed by atoms with E-state index in [1.807, 2.05) is 18.3 Å². The molecule has 0 aliphatic carbocycles. The van der Waals surface area contributed by atoms with E-state index in [9.17, 15) is 0 Å². The van der Waals surface area contributed by atoms with Gasteiger partial charge in [0, 0.05) is 27.9 Å². The van der Waals surface area contributed by atoms with E-state index in [1.54, 1.807) is 7.11 Å². The zero-order valence-electron chi connectivity index (χ0n) is 12.3. The first-order valence-electron chi connectivity index (χ1n) is 7.04. The van der Waals surface area contributed by atoms with Crippen molar-refractivity contribution in [2.24, 2.45) is 0 Å². The van der Waals surface area contributed by atoms with E-state index in [4.69, 9.17) is 4.74 Å². The van der Waals surface area contributed by atoms with Crippen LogP contribution in [0.5, 0.6) is 5.75 Å². The predicted molar refractivity (Wildman–Crippen MR) is 87.1 cm³/mol. The van der Waals surface area contributed by atoms with E-state index < -0.39 is 0 Å². The summed E-state index contributed by atoms with van der Waals surface area (Å²) in [4.78, 5) is 8.12. The quantitative estimate of drug-likeness (QED) is 0.556. The molecule has 21 heavy (non-hydrogen) atoms. The van der Waals surface area contributed by atoms with E-state index in [2.05, 4.69) is 42.0 Å². The van der Waals surface area contributed by atoms with Crippen LogP contribution < -0.4 is 4.74 Å². The van der Waals surface area contributed by atoms with Crippen molar-refractivity contribution in [3.63, 3.8) is 0 Å². The molecule has 0 radical (unpaired) electrons. The molecule has 2 heterocycles. The van der Waals surface area contributed by atoms with Crippen molar-refractivity contribution in [2.75, 3.05) is 7.11 Å². The minimum absolute atomic E-state index is 0.876. The minimum Gasteiger partial charge on any atom is -0.497 e. The number of nitrogens with zero attached hydrogens (tertiary/aromatic N) is 1. The summed E-state index contributed by atoms with van der Waals surface area (Å²) in [6.07, 6.45) is 1.86. The van der Waals surface area contributed by atoms with Gasteiger partial charge in [-0.2, -0.15) is 0 Å². The monoisotopic (exact) mass is 276 g/mol. The lowest BCUT2D eigenvalue weighted by atomic mass is 9.99. The Labute approximate surface area is 122 Å². The predicted octanol–water partition coefficient (Wildman–Crippen LogP) is 4.49. The normalized spacial score (nSPS) is 11.6. The van der Waals surface area contributed by atoms with Crippen molar-refractivity contribution < 1.29 is 4.74 Å². The third-order valence-electron chi connectivity index (χ3n) is 4.32. The highest BCUT2D eigenvalue weighted by molar-refractivity contribution is 6.15. The molecule has 2 aromatic carbocycles. The van der Waals surface area contributed by atoms with Crippen molar-refractivity contribution in [2.45, 2.75) is 13.8 Å². The fraction of sp³-hybridized carbons (Fsp3) is 0.167. The molecule has 4 aromatic rings. The van der Waals surface area contributed by atoms with Crippen LogP contribution in [0.25, 0.3) is 32.7 Å². The number of methoxy groups -OCH3 is 1. The second kappa shape index (κ2) is 4.22. The van der Waals surface area contributed by atoms with E-state index in [-0.39, 0.29) is 0 Å². The first kappa shape index (κ1) is 12.2. The number of pyridine rings is 1. The standard InChI is InChI=1S/C18H16N2O/c1-10-13-5-4-8-19-17(13)11(2)16-14-9-12(21-3)6-7-15(14)20-18(10)16/h4-9,20H,1-3H3. The van der Waals surface area contributed by atoms with E-state index >= 15 is 0 Å². The number of aryl methyl sites for hydroxylation is 2. The van der Waals surface area contributed by atoms with Gasteiger partial charge in [0.1, 0.15) is 5.75 Å². The van der Waals surface area contributed by atoms with E-state index in [0.717, 1.165) is 16.8 Å². The molecule has 0 spiro atoms. The van der Waals surface area contributed by atoms with Gasteiger partial charge in [-0.1, -0.05) is 6.07 Å². The van der Waals surface area contributed by atoms with Crippen LogP contribution in [-0.4, -0.2) is 17.1 Å². The van der Waals surface area contributed by atoms with Gasteiger partial charge in [0.2, 0.25) is 0 Å². The van der Waals surface area contributed by atoms with Crippen LogP contribution in [0.4, 0.5) is 0 Å². The maximum atomic E-state index is 5.37. The summed E-state index contributed by atoms with van der Waals surface area (Å²) in [7, 11) is 1.70. The molecular weight excluding hydrogens is 260 g/mol. The Balaban J connectivity index is 2.29. The Morgan fingerprint density at radius 3 is 2.71 bits per heavy atom. The van der Waals surface area contributed by atoms with Gasteiger partial charge in [-0.15, -0.1) is 0 Å². The van der Waals surface area contributed by atoms with Gasteiger partial charge in [0.05, 0.1) is 18.1 Å².